The molecule has 19 heavy (non-hydrogen) atoms. The van der Waals surface area contributed by atoms with Crippen molar-refractivity contribution in [3.05, 3.63) is 41.5 Å². The zero-order valence-corrected chi connectivity index (χ0v) is 12.1. The van der Waals surface area contributed by atoms with Gasteiger partial charge in [-0.3, -0.25) is 4.98 Å². The molecule has 0 atom stereocenters. The van der Waals surface area contributed by atoms with Crippen molar-refractivity contribution in [3.63, 3.8) is 0 Å². The van der Waals surface area contributed by atoms with Crippen LogP contribution >= 0.6 is 0 Å². The molecule has 102 valence electrons. The molecule has 4 heteroatoms. The minimum absolute atomic E-state index is 0.602. The Hall–Kier alpha value is -1.84. The second-order valence-electron chi connectivity index (χ2n) is 5.41. The Morgan fingerprint density at radius 3 is 2.79 bits per heavy atom. The highest BCUT2D eigenvalue weighted by atomic mass is 15.2. The summed E-state index contributed by atoms with van der Waals surface area (Å²) < 4.78 is 2.15. The molecule has 4 nitrogen and oxygen atoms in total. The smallest absolute Gasteiger partial charge is 0.203 e. The molecule has 0 saturated heterocycles. The molecule has 2 rings (SSSR count). The van der Waals surface area contributed by atoms with Crippen molar-refractivity contribution >= 4 is 5.95 Å². The third kappa shape index (κ3) is 3.56. The Bertz CT molecular complexity index is 543. The normalized spacial score (nSPS) is 11.0. The highest BCUT2D eigenvalue weighted by molar-refractivity contribution is 5.31. The largest absolute Gasteiger partial charge is 0.355 e. The van der Waals surface area contributed by atoms with Crippen LogP contribution in [0.15, 0.2) is 24.7 Å². The first-order valence-corrected chi connectivity index (χ1v) is 6.73. The Morgan fingerprint density at radius 1 is 1.32 bits per heavy atom. The molecule has 1 N–H and O–H groups in total. The molecule has 0 radical (unpaired) electrons. The van der Waals surface area contributed by atoms with Crippen LogP contribution in [0.1, 0.15) is 30.7 Å². The molecule has 2 heterocycles. The minimum Gasteiger partial charge on any atom is -0.355 e. The first-order chi connectivity index (χ1) is 9.06. The number of nitrogens with one attached hydrogen (secondary N) is 1. The van der Waals surface area contributed by atoms with E-state index in [0.29, 0.717) is 5.92 Å². The Morgan fingerprint density at radius 2 is 2.11 bits per heavy atom. The summed E-state index contributed by atoms with van der Waals surface area (Å²) in [6.07, 6.45) is 5.84. The van der Waals surface area contributed by atoms with Gasteiger partial charge in [0.25, 0.3) is 0 Å². The van der Waals surface area contributed by atoms with Crippen molar-refractivity contribution in [1.29, 1.82) is 0 Å². The van der Waals surface area contributed by atoms with Gasteiger partial charge in [-0.1, -0.05) is 13.8 Å². The zero-order chi connectivity index (χ0) is 13.8. The van der Waals surface area contributed by atoms with Crippen LogP contribution in [0.3, 0.4) is 0 Å². The van der Waals surface area contributed by atoms with Gasteiger partial charge in [0.15, 0.2) is 0 Å². The molecule has 0 bridgehead atoms. The maximum atomic E-state index is 4.54. The maximum Gasteiger partial charge on any atom is 0.203 e. The van der Waals surface area contributed by atoms with Crippen LogP contribution in [-0.2, 0) is 6.54 Å². The third-order valence-corrected chi connectivity index (χ3v) is 3.05. The fraction of sp³-hybridized carbons (Fsp3) is 0.467. The number of nitrogens with zero attached hydrogens (tertiary/aromatic N) is 3. The van der Waals surface area contributed by atoms with E-state index in [1.165, 1.54) is 11.1 Å². The molecule has 2 aromatic heterocycles. The van der Waals surface area contributed by atoms with Crippen molar-refractivity contribution in [2.45, 2.75) is 34.2 Å². The van der Waals surface area contributed by atoms with E-state index >= 15 is 0 Å². The van der Waals surface area contributed by atoms with Gasteiger partial charge in [0.2, 0.25) is 5.95 Å². The Labute approximate surface area is 114 Å². The van der Waals surface area contributed by atoms with Crippen LogP contribution < -0.4 is 5.32 Å². The summed E-state index contributed by atoms with van der Waals surface area (Å²) in [5.74, 6) is 1.54. The molecule has 2 aromatic rings. The number of aryl methyl sites for hydroxylation is 2. The summed E-state index contributed by atoms with van der Waals surface area (Å²) in [7, 11) is 0. The topological polar surface area (TPSA) is 42.7 Å². The molecule has 0 spiro atoms. The van der Waals surface area contributed by atoms with Crippen molar-refractivity contribution < 1.29 is 0 Å². The molecular formula is C15H22N4. The van der Waals surface area contributed by atoms with E-state index in [1.807, 2.05) is 25.4 Å². The van der Waals surface area contributed by atoms with E-state index in [9.17, 15) is 0 Å². The molecule has 0 aromatic carbocycles. The van der Waals surface area contributed by atoms with Crippen LogP contribution in [0.25, 0.3) is 0 Å². The number of anilines is 1. The van der Waals surface area contributed by atoms with Gasteiger partial charge in [0, 0.05) is 25.1 Å². The number of rotatable bonds is 5. The summed E-state index contributed by atoms with van der Waals surface area (Å²) >= 11 is 0. The van der Waals surface area contributed by atoms with Gasteiger partial charge >= 0.3 is 0 Å². The van der Waals surface area contributed by atoms with Crippen molar-refractivity contribution in [2.75, 3.05) is 11.9 Å². The monoisotopic (exact) mass is 258 g/mol. The van der Waals surface area contributed by atoms with E-state index in [0.717, 1.165) is 24.7 Å². The van der Waals surface area contributed by atoms with E-state index < -0.39 is 0 Å². The molecule has 0 aliphatic heterocycles. The van der Waals surface area contributed by atoms with Gasteiger partial charge in [0.1, 0.15) is 0 Å². The van der Waals surface area contributed by atoms with Gasteiger partial charge in [-0.15, -0.1) is 0 Å². The lowest BCUT2D eigenvalue weighted by molar-refractivity contribution is 0.676. The number of hydrogen-bond donors (Lipinski definition) is 1. The molecule has 0 amide bonds. The zero-order valence-electron chi connectivity index (χ0n) is 12.1. The SMILES string of the molecule is Cc1cn(Cc2cnccc2C)c(NCC(C)C)n1. The van der Waals surface area contributed by atoms with E-state index in [1.54, 1.807) is 0 Å². The lowest BCUT2D eigenvalue weighted by atomic mass is 10.1. The number of imidazole rings is 1. The summed E-state index contributed by atoms with van der Waals surface area (Å²) in [4.78, 5) is 8.74. The quantitative estimate of drug-likeness (QED) is 0.896. The summed E-state index contributed by atoms with van der Waals surface area (Å²) in [6, 6.07) is 2.04. The van der Waals surface area contributed by atoms with Gasteiger partial charge in [-0.2, -0.15) is 0 Å². The highest BCUT2D eigenvalue weighted by Crippen LogP contribution is 2.14. The molecular weight excluding hydrogens is 236 g/mol. The van der Waals surface area contributed by atoms with E-state index in [4.69, 9.17) is 0 Å². The standard InChI is InChI=1S/C15H22N4/c1-11(2)7-17-15-18-13(4)9-19(15)10-14-8-16-6-5-12(14)3/h5-6,8-9,11H,7,10H2,1-4H3,(H,17,18). The number of aromatic nitrogens is 3. The van der Waals surface area contributed by atoms with E-state index in [-0.39, 0.29) is 0 Å². The summed E-state index contributed by atoms with van der Waals surface area (Å²) in [5.41, 5.74) is 3.52. The van der Waals surface area contributed by atoms with Crippen molar-refractivity contribution in [1.82, 2.24) is 14.5 Å². The van der Waals surface area contributed by atoms with Gasteiger partial charge in [-0.25, -0.2) is 4.98 Å². The molecule has 0 aliphatic rings. The Balaban J connectivity index is 2.18. The number of pyridine rings is 1. The summed E-state index contributed by atoms with van der Waals surface area (Å²) in [5, 5.41) is 3.40. The number of hydrogen-bond acceptors (Lipinski definition) is 3. The highest BCUT2D eigenvalue weighted by Gasteiger charge is 2.07. The van der Waals surface area contributed by atoms with Crippen LogP contribution in [0, 0.1) is 19.8 Å². The molecule has 0 aliphatic carbocycles. The second-order valence-corrected chi connectivity index (χ2v) is 5.41. The van der Waals surface area contributed by atoms with Crippen LogP contribution in [0.4, 0.5) is 5.95 Å². The average molecular weight is 258 g/mol. The second kappa shape index (κ2) is 5.87. The molecule has 0 unspecified atom stereocenters. The van der Waals surface area contributed by atoms with Crippen molar-refractivity contribution in [3.8, 4) is 0 Å². The van der Waals surface area contributed by atoms with E-state index in [2.05, 4.69) is 46.8 Å². The molecule has 0 fully saturated rings. The molecule has 0 saturated carbocycles. The summed E-state index contributed by atoms with van der Waals surface area (Å²) in [6.45, 7) is 10.3. The average Bonchev–Trinajstić information content (AvgIpc) is 2.70. The predicted octanol–water partition coefficient (Wildman–Crippen LogP) is 3.01. The fourth-order valence-corrected chi connectivity index (χ4v) is 1.95. The lowest BCUT2D eigenvalue weighted by Crippen LogP contribution is -2.13. The first kappa shape index (κ1) is 13.6. The van der Waals surface area contributed by atoms with Gasteiger partial charge < -0.3 is 9.88 Å². The third-order valence-electron chi connectivity index (χ3n) is 3.05. The van der Waals surface area contributed by atoms with Gasteiger partial charge in [-0.05, 0) is 37.0 Å². The predicted molar refractivity (Wildman–Crippen MR) is 78.4 cm³/mol. The minimum atomic E-state index is 0.602. The van der Waals surface area contributed by atoms with Gasteiger partial charge in [0.05, 0.1) is 12.2 Å². The fourth-order valence-electron chi connectivity index (χ4n) is 1.95. The first-order valence-electron chi connectivity index (χ1n) is 6.73. The Kier molecular flexibility index (Phi) is 4.20. The van der Waals surface area contributed by atoms with Crippen LogP contribution in [-0.4, -0.2) is 21.1 Å². The van der Waals surface area contributed by atoms with Crippen LogP contribution in [0.5, 0.6) is 0 Å². The van der Waals surface area contributed by atoms with Crippen molar-refractivity contribution in [2.24, 2.45) is 5.92 Å². The van der Waals surface area contributed by atoms with Crippen LogP contribution in [0.2, 0.25) is 0 Å². The maximum absolute atomic E-state index is 4.54. The lowest BCUT2D eigenvalue weighted by Gasteiger charge is -2.12.